The van der Waals surface area contributed by atoms with Crippen molar-refractivity contribution in [2.24, 2.45) is 0 Å². The molecule has 0 fully saturated rings. The van der Waals surface area contributed by atoms with Crippen molar-refractivity contribution < 1.29 is 9.53 Å². The van der Waals surface area contributed by atoms with Crippen LogP contribution < -0.4 is 4.74 Å². The number of nitrogens with zero attached hydrogens (tertiary/aromatic N) is 2. The van der Waals surface area contributed by atoms with E-state index in [1.165, 1.54) is 16.7 Å². The lowest BCUT2D eigenvalue weighted by Gasteiger charge is -2.12. The summed E-state index contributed by atoms with van der Waals surface area (Å²) in [5.74, 6) is 0.951. The molecule has 0 aliphatic heterocycles. The number of hydrogen-bond acceptors (Lipinski definition) is 4. The zero-order valence-electron chi connectivity index (χ0n) is 13.8. The van der Waals surface area contributed by atoms with Gasteiger partial charge >= 0.3 is 0 Å². The second kappa shape index (κ2) is 6.92. The molecule has 5 heteroatoms. The van der Waals surface area contributed by atoms with Crippen LogP contribution in [0.1, 0.15) is 34.3 Å². The summed E-state index contributed by atoms with van der Waals surface area (Å²) in [6.45, 7) is 8.78. The van der Waals surface area contributed by atoms with E-state index in [4.69, 9.17) is 4.74 Å². The molecule has 1 aromatic carbocycles. The molecule has 0 atom stereocenters. The van der Waals surface area contributed by atoms with Gasteiger partial charge in [0.25, 0.3) is 0 Å². The Balaban J connectivity index is 2.01. The lowest BCUT2D eigenvalue weighted by atomic mass is 10.1. The molecule has 118 valence electrons. The number of ether oxygens (including phenoxy) is 1. The van der Waals surface area contributed by atoms with Gasteiger partial charge in [-0.2, -0.15) is 0 Å². The highest BCUT2D eigenvalue weighted by Crippen LogP contribution is 2.24. The highest BCUT2D eigenvalue weighted by Gasteiger charge is 2.09. The van der Waals surface area contributed by atoms with Gasteiger partial charge in [0.05, 0.1) is 12.2 Å². The highest BCUT2D eigenvalue weighted by molar-refractivity contribution is 7.09. The average Bonchev–Trinajstić information content (AvgIpc) is 2.88. The van der Waals surface area contributed by atoms with Crippen LogP contribution >= 0.6 is 11.3 Å². The lowest BCUT2D eigenvalue weighted by Crippen LogP contribution is -2.23. The Bertz CT molecular complexity index is 679. The zero-order chi connectivity index (χ0) is 16.3. The normalized spacial score (nSPS) is 10.6. The van der Waals surface area contributed by atoms with Gasteiger partial charge in [0.2, 0.25) is 5.91 Å². The van der Waals surface area contributed by atoms with Gasteiger partial charge in [-0.05, 0) is 43.5 Å². The number of hydrogen-bond donors (Lipinski definition) is 0. The van der Waals surface area contributed by atoms with E-state index in [0.29, 0.717) is 13.2 Å². The van der Waals surface area contributed by atoms with E-state index in [0.717, 1.165) is 16.5 Å². The first kappa shape index (κ1) is 16.5. The van der Waals surface area contributed by atoms with Gasteiger partial charge in [-0.15, -0.1) is 11.3 Å². The standard InChI is InChI=1S/C17H22N2O2S/c1-11-6-12(2)13(3)16(7-11)21-9-17-18-15(10-22-17)8-19(5)14(4)20/h6-7,10H,8-9H2,1-5H3. The Kier molecular flexibility index (Phi) is 5.19. The maximum Gasteiger partial charge on any atom is 0.219 e. The minimum absolute atomic E-state index is 0.0386. The topological polar surface area (TPSA) is 42.4 Å². The van der Waals surface area contributed by atoms with Crippen LogP contribution in [0.25, 0.3) is 0 Å². The van der Waals surface area contributed by atoms with Crippen molar-refractivity contribution in [3.8, 4) is 5.75 Å². The van der Waals surface area contributed by atoms with Crippen LogP contribution in [-0.2, 0) is 17.9 Å². The number of rotatable bonds is 5. The maximum atomic E-state index is 11.2. The van der Waals surface area contributed by atoms with Gasteiger partial charge in [0.1, 0.15) is 17.4 Å². The third-order valence-electron chi connectivity index (χ3n) is 3.65. The summed E-state index contributed by atoms with van der Waals surface area (Å²) in [5, 5.41) is 2.90. The Morgan fingerprint density at radius 2 is 2.05 bits per heavy atom. The smallest absolute Gasteiger partial charge is 0.219 e. The van der Waals surface area contributed by atoms with Crippen LogP contribution in [-0.4, -0.2) is 22.8 Å². The van der Waals surface area contributed by atoms with Crippen molar-refractivity contribution in [3.05, 3.63) is 44.9 Å². The molecule has 1 aromatic heterocycles. The zero-order valence-corrected chi connectivity index (χ0v) is 14.6. The molecule has 0 bridgehead atoms. The van der Waals surface area contributed by atoms with Crippen LogP contribution in [0.5, 0.6) is 5.75 Å². The molecule has 0 spiro atoms. The van der Waals surface area contributed by atoms with Gasteiger partial charge < -0.3 is 9.64 Å². The predicted molar refractivity (Wildman–Crippen MR) is 89.2 cm³/mol. The molecule has 2 aromatic rings. The minimum atomic E-state index is 0.0386. The fraction of sp³-hybridized carbons (Fsp3) is 0.412. The van der Waals surface area contributed by atoms with Gasteiger partial charge in [-0.25, -0.2) is 4.98 Å². The summed E-state index contributed by atoms with van der Waals surface area (Å²) >= 11 is 1.56. The number of aromatic nitrogens is 1. The van der Waals surface area contributed by atoms with Crippen LogP contribution in [0.15, 0.2) is 17.5 Å². The molecule has 0 aliphatic rings. The SMILES string of the molecule is CC(=O)N(C)Cc1csc(COc2cc(C)cc(C)c2C)n1. The number of carbonyl (C=O) groups excluding carboxylic acids is 1. The first-order chi connectivity index (χ1) is 10.4. The van der Waals surface area contributed by atoms with E-state index in [2.05, 4.69) is 37.9 Å². The van der Waals surface area contributed by atoms with E-state index >= 15 is 0 Å². The molecule has 22 heavy (non-hydrogen) atoms. The second-order valence-electron chi connectivity index (χ2n) is 5.60. The molecule has 1 heterocycles. The molecule has 2 rings (SSSR count). The molecule has 0 saturated heterocycles. The Morgan fingerprint density at radius 1 is 1.32 bits per heavy atom. The fourth-order valence-corrected chi connectivity index (χ4v) is 2.83. The molecular weight excluding hydrogens is 296 g/mol. The molecule has 0 aliphatic carbocycles. The number of carbonyl (C=O) groups is 1. The fourth-order valence-electron chi connectivity index (χ4n) is 2.13. The summed E-state index contributed by atoms with van der Waals surface area (Å²) < 4.78 is 5.92. The first-order valence-electron chi connectivity index (χ1n) is 7.22. The van der Waals surface area contributed by atoms with Gasteiger partial charge in [-0.1, -0.05) is 6.07 Å². The van der Waals surface area contributed by atoms with E-state index in [1.54, 1.807) is 30.2 Å². The van der Waals surface area contributed by atoms with Crippen LogP contribution in [0, 0.1) is 20.8 Å². The summed E-state index contributed by atoms with van der Waals surface area (Å²) in [5.41, 5.74) is 4.50. The van der Waals surface area contributed by atoms with E-state index in [1.807, 2.05) is 5.38 Å². The molecule has 0 saturated carbocycles. The molecular formula is C17H22N2O2S. The van der Waals surface area contributed by atoms with Crippen molar-refractivity contribution >= 4 is 17.2 Å². The van der Waals surface area contributed by atoms with Crippen molar-refractivity contribution in [2.45, 2.75) is 40.8 Å². The monoisotopic (exact) mass is 318 g/mol. The van der Waals surface area contributed by atoms with Crippen LogP contribution in [0.4, 0.5) is 0 Å². The van der Waals surface area contributed by atoms with Gasteiger partial charge in [-0.3, -0.25) is 4.79 Å². The van der Waals surface area contributed by atoms with Crippen molar-refractivity contribution in [1.82, 2.24) is 9.88 Å². The Labute approximate surface area is 135 Å². The molecule has 0 radical (unpaired) electrons. The summed E-state index contributed by atoms with van der Waals surface area (Å²) in [6.07, 6.45) is 0. The second-order valence-corrected chi connectivity index (χ2v) is 6.54. The third-order valence-corrected chi connectivity index (χ3v) is 4.52. The quantitative estimate of drug-likeness (QED) is 0.845. The molecule has 4 nitrogen and oxygen atoms in total. The number of thiazole rings is 1. The Hall–Kier alpha value is -1.88. The highest BCUT2D eigenvalue weighted by atomic mass is 32.1. The first-order valence-corrected chi connectivity index (χ1v) is 8.10. The van der Waals surface area contributed by atoms with E-state index in [9.17, 15) is 4.79 Å². The van der Waals surface area contributed by atoms with Crippen molar-refractivity contribution in [3.63, 3.8) is 0 Å². The van der Waals surface area contributed by atoms with E-state index < -0.39 is 0 Å². The van der Waals surface area contributed by atoms with Crippen LogP contribution in [0.3, 0.4) is 0 Å². The minimum Gasteiger partial charge on any atom is -0.486 e. The van der Waals surface area contributed by atoms with Gasteiger partial charge in [0, 0.05) is 19.4 Å². The van der Waals surface area contributed by atoms with E-state index in [-0.39, 0.29) is 5.91 Å². The van der Waals surface area contributed by atoms with Crippen molar-refractivity contribution in [2.75, 3.05) is 7.05 Å². The third kappa shape index (κ3) is 4.07. The lowest BCUT2D eigenvalue weighted by molar-refractivity contribution is -0.128. The summed E-state index contributed by atoms with van der Waals surface area (Å²) in [7, 11) is 1.77. The summed E-state index contributed by atoms with van der Waals surface area (Å²) in [4.78, 5) is 17.4. The molecule has 0 unspecified atom stereocenters. The largest absolute Gasteiger partial charge is 0.486 e. The summed E-state index contributed by atoms with van der Waals surface area (Å²) in [6, 6.07) is 4.21. The average molecular weight is 318 g/mol. The Morgan fingerprint density at radius 3 is 2.73 bits per heavy atom. The van der Waals surface area contributed by atoms with Gasteiger partial charge in [0.15, 0.2) is 0 Å². The molecule has 1 amide bonds. The van der Waals surface area contributed by atoms with Crippen LogP contribution in [0.2, 0.25) is 0 Å². The van der Waals surface area contributed by atoms with Crippen molar-refractivity contribution in [1.29, 1.82) is 0 Å². The molecule has 0 N–H and O–H groups in total. The number of amides is 1. The predicted octanol–water partition coefficient (Wildman–Crippen LogP) is 3.63. The number of benzene rings is 1. The number of aryl methyl sites for hydroxylation is 2. The maximum absolute atomic E-state index is 11.2.